The molecule has 0 aliphatic carbocycles. The van der Waals surface area contributed by atoms with E-state index in [-0.39, 0.29) is 5.75 Å². The molecule has 4 nitrogen and oxygen atoms in total. The highest BCUT2D eigenvalue weighted by Gasteiger charge is 2.12. The van der Waals surface area contributed by atoms with Gasteiger partial charge in [0.2, 0.25) is 5.82 Å². The molecule has 0 amide bonds. The number of rotatable bonds is 2. The summed E-state index contributed by atoms with van der Waals surface area (Å²) in [4.78, 5) is 4.38. The van der Waals surface area contributed by atoms with Gasteiger partial charge in [0, 0.05) is 15.6 Å². The van der Waals surface area contributed by atoms with E-state index in [1.807, 2.05) is 31.2 Å². The molecule has 0 atom stereocenters. The molecule has 5 heteroatoms. The van der Waals surface area contributed by atoms with E-state index in [4.69, 9.17) is 4.52 Å². The van der Waals surface area contributed by atoms with Crippen LogP contribution in [0.15, 0.2) is 51.5 Å². The van der Waals surface area contributed by atoms with Gasteiger partial charge in [-0.05, 0) is 48.9 Å². The number of aromatic hydroxyl groups is 1. The second-order valence-corrected chi connectivity index (χ2v) is 5.35. The molecular formula is C15H11BrN2O2. The summed E-state index contributed by atoms with van der Waals surface area (Å²) >= 11 is 3.43. The molecule has 1 heterocycles. The van der Waals surface area contributed by atoms with Crippen molar-refractivity contribution in [1.82, 2.24) is 10.1 Å². The molecule has 20 heavy (non-hydrogen) atoms. The van der Waals surface area contributed by atoms with Crippen LogP contribution in [0.1, 0.15) is 5.56 Å². The maximum Gasteiger partial charge on any atom is 0.258 e. The van der Waals surface area contributed by atoms with Crippen molar-refractivity contribution in [3.63, 3.8) is 0 Å². The SMILES string of the molecule is Cc1cc(Br)ccc1-c1noc(-c2cccc(O)c2)n1. The molecule has 0 bridgehead atoms. The van der Waals surface area contributed by atoms with Crippen LogP contribution in [0.4, 0.5) is 0 Å². The lowest BCUT2D eigenvalue weighted by atomic mass is 10.1. The number of benzene rings is 2. The van der Waals surface area contributed by atoms with Gasteiger partial charge in [-0.1, -0.05) is 27.2 Å². The predicted molar refractivity (Wildman–Crippen MR) is 79.3 cm³/mol. The maximum absolute atomic E-state index is 9.48. The van der Waals surface area contributed by atoms with Gasteiger partial charge in [-0.2, -0.15) is 4.98 Å². The number of aryl methyl sites for hydroxylation is 1. The molecule has 0 unspecified atom stereocenters. The zero-order chi connectivity index (χ0) is 14.1. The summed E-state index contributed by atoms with van der Waals surface area (Å²) in [6.07, 6.45) is 0. The Balaban J connectivity index is 2.02. The van der Waals surface area contributed by atoms with Crippen molar-refractivity contribution in [1.29, 1.82) is 0 Å². The lowest BCUT2D eigenvalue weighted by molar-refractivity contribution is 0.431. The van der Waals surface area contributed by atoms with E-state index < -0.39 is 0 Å². The van der Waals surface area contributed by atoms with Gasteiger partial charge < -0.3 is 9.63 Å². The summed E-state index contributed by atoms with van der Waals surface area (Å²) in [5, 5.41) is 13.5. The summed E-state index contributed by atoms with van der Waals surface area (Å²) < 4.78 is 6.27. The second kappa shape index (κ2) is 5.09. The van der Waals surface area contributed by atoms with Gasteiger partial charge >= 0.3 is 0 Å². The zero-order valence-electron chi connectivity index (χ0n) is 10.7. The number of halogens is 1. The molecule has 100 valence electrons. The maximum atomic E-state index is 9.48. The molecule has 0 saturated carbocycles. The largest absolute Gasteiger partial charge is 0.508 e. The minimum absolute atomic E-state index is 0.169. The van der Waals surface area contributed by atoms with Crippen LogP contribution in [0.5, 0.6) is 5.75 Å². The zero-order valence-corrected chi connectivity index (χ0v) is 12.3. The van der Waals surface area contributed by atoms with Crippen molar-refractivity contribution in [3.05, 3.63) is 52.5 Å². The molecule has 0 fully saturated rings. The Bertz CT molecular complexity index is 768. The molecule has 3 aromatic rings. The molecule has 3 rings (SSSR count). The standard InChI is InChI=1S/C15H11BrN2O2/c1-9-7-11(16)5-6-13(9)14-17-15(20-18-14)10-3-2-4-12(19)8-10/h2-8,19H,1H3. The lowest BCUT2D eigenvalue weighted by Crippen LogP contribution is -1.85. The van der Waals surface area contributed by atoms with E-state index >= 15 is 0 Å². The summed E-state index contributed by atoms with van der Waals surface area (Å²) in [7, 11) is 0. The van der Waals surface area contributed by atoms with Gasteiger partial charge in [0.05, 0.1) is 0 Å². The fourth-order valence-corrected chi connectivity index (χ4v) is 2.44. The molecule has 0 spiro atoms. The van der Waals surface area contributed by atoms with Crippen LogP contribution in [0.3, 0.4) is 0 Å². The molecule has 2 aromatic carbocycles. The Morgan fingerprint density at radius 2 is 2.00 bits per heavy atom. The van der Waals surface area contributed by atoms with Crippen molar-refractivity contribution < 1.29 is 9.63 Å². The molecule has 1 N–H and O–H groups in total. The highest BCUT2D eigenvalue weighted by Crippen LogP contribution is 2.27. The Hall–Kier alpha value is -2.14. The lowest BCUT2D eigenvalue weighted by Gasteiger charge is -2.00. The minimum Gasteiger partial charge on any atom is -0.508 e. The number of phenols is 1. The van der Waals surface area contributed by atoms with E-state index in [1.165, 1.54) is 0 Å². The fourth-order valence-electron chi connectivity index (χ4n) is 1.97. The van der Waals surface area contributed by atoms with E-state index in [9.17, 15) is 5.11 Å². The van der Waals surface area contributed by atoms with Gasteiger partial charge in [-0.25, -0.2) is 0 Å². The molecule has 0 aliphatic heterocycles. The highest BCUT2D eigenvalue weighted by molar-refractivity contribution is 9.10. The Labute approximate surface area is 124 Å². The summed E-state index contributed by atoms with van der Waals surface area (Å²) in [6.45, 7) is 1.99. The number of hydrogen-bond acceptors (Lipinski definition) is 4. The van der Waals surface area contributed by atoms with Gasteiger partial charge in [0.1, 0.15) is 5.75 Å². The second-order valence-electron chi connectivity index (χ2n) is 4.43. The topological polar surface area (TPSA) is 59.2 Å². The number of phenolic OH excluding ortho intramolecular Hbond substituents is 1. The average molecular weight is 331 g/mol. The van der Waals surface area contributed by atoms with Crippen molar-refractivity contribution in [3.8, 4) is 28.6 Å². The minimum atomic E-state index is 0.169. The van der Waals surface area contributed by atoms with Crippen LogP contribution < -0.4 is 0 Å². The molecule has 0 aliphatic rings. The molecular weight excluding hydrogens is 320 g/mol. The third-order valence-electron chi connectivity index (χ3n) is 2.95. The summed E-state index contributed by atoms with van der Waals surface area (Å²) in [6, 6.07) is 12.6. The van der Waals surface area contributed by atoms with Crippen LogP contribution in [-0.2, 0) is 0 Å². The fraction of sp³-hybridized carbons (Fsp3) is 0.0667. The van der Waals surface area contributed by atoms with Gasteiger partial charge in [0.25, 0.3) is 5.89 Å². The van der Waals surface area contributed by atoms with Crippen molar-refractivity contribution in [2.75, 3.05) is 0 Å². The van der Waals surface area contributed by atoms with E-state index in [0.29, 0.717) is 17.3 Å². The first-order valence-electron chi connectivity index (χ1n) is 6.03. The third kappa shape index (κ3) is 2.44. The van der Waals surface area contributed by atoms with Crippen LogP contribution in [0.25, 0.3) is 22.8 Å². The van der Waals surface area contributed by atoms with Crippen molar-refractivity contribution in [2.45, 2.75) is 6.92 Å². The van der Waals surface area contributed by atoms with Gasteiger partial charge in [0.15, 0.2) is 0 Å². The van der Waals surface area contributed by atoms with Crippen molar-refractivity contribution in [2.24, 2.45) is 0 Å². The van der Waals surface area contributed by atoms with Crippen LogP contribution in [-0.4, -0.2) is 15.2 Å². The Kier molecular flexibility index (Phi) is 3.28. The Morgan fingerprint density at radius 3 is 2.75 bits per heavy atom. The van der Waals surface area contributed by atoms with E-state index in [2.05, 4.69) is 26.1 Å². The smallest absolute Gasteiger partial charge is 0.258 e. The number of hydrogen-bond donors (Lipinski definition) is 1. The first-order valence-corrected chi connectivity index (χ1v) is 6.82. The normalized spacial score (nSPS) is 10.7. The van der Waals surface area contributed by atoms with Crippen LogP contribution in [0.2, 0.25) is 0 Å². The first kappa shape index (κ1) is 12.9. The monoisotopic (exact) mass is 330 g/mol. The Morgan fingerprint density at radius 1 is 1.15 bits per heavy atom. The summed E-state index contributed by atoms with van der Waals surface area (Å²) in [5.41, 5.74) is 2.67. The highest BCUT2D eigenvalue weighted by atomic mass is 79.9. The predicted octanol–water partition coefficient (Wildman–Crippen LogP) is 4.18. The van der Waals surface area contributed by atoms with E-state index in [0.717, 1.165) is 15.6 Å². The van der Waals surface area contributed by atoms with Crippen molar-refractivity contribution >= 4 is 15.9 Å². The number of aromatic nitrogens is 2. The quantitative estimate of drug-likeness (QED) is 0.765. The van der Waals surface area contributed by atoms with E-state index in [1.54, 1.807) is 18.2 Å². The van der Waals surface area contributed by atoms with Gasteiger partial charge in [-0.15, -0.1) is 0 Å². The third-order valence-corrected chi connectivity index (χ3v) is 3.44. The number of nitrogens with zero attached hydrogens (tertiary/aromatic N) is 2. The molecule has 1 aromatic heterocycles. The average Bonchev–Trinajstić information content (AvgIpc) is 2.88. The molecule has 0 saturated heterocycles. The van der Waals surface area contributed by atoms with Crippen LogP contribution in [0, 0.1) is 6.92 Å². The van der Waals surface area contributed by atoms with Crippen LogP contribution >= 0.6 is 15.9 Å². The molecule has 0 radical (unpaired) electrons. The first-order chi connectivity index (χ1) is 9.63. The van der Waals surface area contributed by atoms with Gasteiger partial charge in [-0.3, -0.25) is 0 Å². The summed E-state index contributed by atoms with van der Waals surface area (Å²) in [5.74, 6) is 1.09.